The number of aromatic nitrogens is 2. The van der Waals surface area contributed by atoms with Gasteiger partial charge in [0.05, 0.1) is 5.56 Å². The first-order chi connectivity index (χ1) is 11.6. The van der Waals surface area contributed by atoms with E-state index < -0.39 is 5.97 Å². The number of amides is 1. The molecule has 1 amide bonds. The molecule has 1 aliphatic rings. The van der Waals surface area contributed by atoms with Gasteiger partial charge in [0.1, 0.15) is 5.82 Å². The number of nitrogens with zero attached hydrogens (tertiary/aromatic N) is 2. The smallest absolute Gasteiger partial charge is 0.338 e. The molecule has 1 fully saturated rings. The van der Waals surface area contributed by atoms with Crippen molar-refractivity contribution in [2.24, 2.45) is 5.92 Å². The third kappa shape index (κ3) is 3.82. The van der Waals surface area contributed by atoms with Gasteiger partial charge in [0.2, 0.25) is 0 Å². The Morgan fingerprint density at radius 2 is 2.12 bits per heavy atom. The van der Waals surface area contributed by atoms with Crippen molar-refractivity contribution in [2.45, 2.75) is 19.8 Å². The molecular formula is C18H21N3O3. The van der Waals surface area contributed by atoms with Crippen molar-refractivity contribution in [3.8, 4) is 11.4 Å². The number of hydrogen-bond acceptors (Lipinski definition) is 4. The van der Waals surface area contributed by atoms with Crippen molar-refractivity contribution in [3.63, 3.8) is 0 Å². The number of piperidine rings is 1. The summed E-state index contributed by atoms with van der Waals surface area (Å²) in [5, 5.41) is 0. The third-order valence-corrected chi connectivity index (χ3v) is 4.23. The fourth-order valence-electron chi connectivity index (χ4n) is 2.91. The van der Waals surface area contributed by atoms with Crippen LogP contribution in [0.3, 0.4) is 0 Å². The number of H-pyrrole nitrogens is 1. The lowest BCUT2D eigenvalue weighted by atomic mass is 10.0. The highest BCUT2D eigenvalue weighted by molar-refractivity contribution is 5.91. The van der Waals surface area contributed by atoms with E-state index in [0.717, 1.165) is 37.3 Å². The normalized spacial score (nSPS) is 17.5. The molecule has 1 aromatic heterocycles. The summed E-state index contributed by atoms with van der Waals surface area (Å²) in [6.07, 6.45) is 5.57. The summed E-state index contributed by atoms with van der Waals surface area (Å²) in [6.45, 7) is 3.42. The molecule has 0 radical (unpaired) electrons. The summed E-state index contributed by atoms with van der Waals surface area (Å²) in [7, 11) is 0. The molecule has 6 nitrogen and oxygen atoms in total. The molecule has 6 heteroatoms. The molecular weight excluding hydrogens is 306 g/mol. The standard InChI is InChI=1S/C18H21N3O3/c1-13-3-2-10-21(11-13)16(22)12-24-18(23)15-6-4-14(5-7-15)17-19-8-9-20-17/h4-9,13H,2-3,10-12H2,1H3,(H,19,20). The number of carbonyl (C=O) groups excluding carboxylic acids is 2. The molecule has 3 rings (SSSR count). The van der Waals surface area contributed by atoms with Crippen LogP contribution in [0.4, 0.5) is 0 Å². The minimum absolute atomic E-state index is 0.123. The van der Waals surface area contributed by atoms with Crippen molar-refractivity contribution in [3.05, 3.63) is 42.2 Å². The Labute approximate surface area is 140 Å². The van der Waals surface area contributed by atoms with Crippen molar-refractivity contribution in [2.75, 3.05) is 19.7 Å². The number of nitrogens with one attached hydrogen (secondary N) is 1. The highest BCUT2D eigenvalue weighted by Crippen LogP contribution is 2.17. The summed E-state index contributed by atoms with van der Waals surface area (Å²) < 4.78 is 5.16. The van der Waals surface area contributed by atoms with Crippen LogP contribution in [0.15, 0.2) is 36.7 Å². The number of carbonyl (C=O) groups is 2. The molecule has 1 aliphatic heterocycles. The van der Waals surface area contributed by atoms with Gasteiger partial charge in [0.25, 0.3) is 5.91 Å². The molecule has 1 saturated heterocycles. The van der Waals surface area contributed by atoms with E-state index >= 15 is 0 Å². The minimum atomic E-state index is -0.487. The van der Waals surface area contributed by atoms with Crippen LogP contribution in [0.1, 0.15) is 30.1 Å². The number of imidazole rings is 1. The molecule has 0 saturated carbocycles. The Hall–Kier alpha value is -2.63. The number of aromatic amines is 1. The maximum atomic E-state index is 12.1. The van der Waals surface area contributed by atoms with Gasteiger partial charge in [-0.1, -0.05) is 19.1 Å². The highest BCUT2D eigenvalue weighted by Gasteiger charge is 2.22. The van der Waals surface area contributed by atoms with Crippen LogP contribution >= 0.6 is 0 Å². The molecule has 0 bridgehead atoms. The van der Waals surface area contributed by atoms with Crippen LogP contribution < -0.4 is 0 Å². The SMILES string of the molecule is CC1CCCN(C(=O)COC(=O)c2ccc(-c3ncc[nH]3)cc2)C1. The predicted molar refractivity (Wildman–Crippen MR) is 89.3 cm³/mol. The van der Waals surface area contributed by atoms with Crippen LogP contribution in [-0.4, -0.2) is 46.4 Å². The van der Waals surface area contributed by atoms with Crippen molar-refractivity contribution < 1.29 is 14.3 Å². The zero-order chi connectivity index (χ0) is 16.9. The largest absolute Gasteiger partial charge is 0.452 e. The minimum Gasteiger partial charge on any atom is -0.452 e. The van der Waals surface area contributed by atoms with Gasteiger partial charge in [0, 0.05) is 31.0 Å². The Morgan fingerprint density at radius 1 is 1.33 bits per heavy atom. The van der Waals surface area contributed by atoms with E-state index in [1.165, 1.54) is 0 Å². The van der Waals surface area contributed by atoms with Gasteiger partial charge in [-0.15, -0.1) is 0 Å². The Kier molecular flexibility index (Phi) is 4.93. The molecule has 1 atom stereocenters. The number of rotatable bonds is 4. The van der Waals surface area contributed by atoms with Gasteiger partial charge in [0.15, 0.2) is 6.61 Å². The quantitative estimate of drug-likeness (QED) is 0.876. The summed E-state index contributed by atoms with van der Waals surface area (Å²) in [4.78, 5) is 33.1. The fraction of sp³-hybridized carbons (Fsp3) is 0.389. The second-order valence-corrected chi connectivity index (χ2v) is 6.18. The first-order valence-corrected chi connectivity index (χ1v) is 8.18. The van der Waals surface area contributed by atoms with Gasteiger partial charge in [-0.2, -0.15) is 0 Å². The Balaban J connectivity index is 1.54. The van der Waals surface area contributed by atoms with E-state index in [4.69, 9.17) is 4.74 Å². The molecule has 1 aromatic carbocycles. The number of ether oxygens (including phenoxy) is 1. The first kappa shape index (κ1) is 16.2. The van der Waals surface area contributed by atoms with Gasteiger partial charge in [-0.25, -0.2) is 9.78 Å². The maximum Gasteiger partial charge on any atom is 0.338 e. The van der Waals surface area contributed by atoms with E-state index in [0.29, 0.717) is 11.5 Å². The lowest BCUT2D eigenvalue weighted by molar-refractivity contribution is -0.136. The van der Waals surface area contributed by atoms with E-state index in [9.17, 15) is 9.59 Å². The maximum absolute atomic E-state index is 12.1. The van der Waals surface area contributed by atoms with Crippen molar-refractivity contribution >= 4 is 11.9 Å². The van der Waals surface area contributed by atoms with Crippen LogP contribution in [0.2, 0.25) is 0 Å². The van der Waals surface area contributed by atoms with Gasteiger partial charge < -0.3 is 14.6 Å². The lowest BCUT2D eigenvalue weighted by Crippen LogP contribution is -2.41. The number of likely N-dealkylation sites (tertiary alicyclic amines) is 1. The van der Waals surface area contributed by atoms with E-state index in [2.05, 4.69) is 16.9 Å². The lowest BCUT2D eigenvalue weighted by Gasteiger charge is -2.30. The zero-order valence-corrected chi connectivity index (χ0v) is 13.7. The second kappa shape index (κ2) is 7.29. The second-order valence-electron chi connectivity index (χ2n) is 6.18. The molecule has 1 N–H and O–H groups in total. The summed E-state index contributed by atoms with van der Waals surface area (Å²) >= 11 is 0. The van der Waals surface area contributed by atoms with Gasteiger partial charge >= 0.3 is 5.97 Å². The van der Waals surface area contributed by atoms with Crippen LogP contribution in [0, 0.1) is 5.92 Å². The predicted octanol–water partition coefficient (Wildman–Crippen LogP) is 2.49. The van der Waals surface area contributed by atoms with E-state index in [-0.39, 0.29) is 12.5 Å². The topological polar surface area (TPSA) is 75.3 Å². The zero-order valence-electron chi connectivity index (χ0n) is 13.7. The molecule has 1 unspecified atom stereocenters. The van der Waals surface area contributed by atoms with Gasteiger partial charge in [-0.05, 0) is 30.9 Å². The van der Waals surface area contributed by atoms with Crippen LogP contribution in [0.5, 0.6) is 0 Å². The Morgan fingerprint density at radius 3 is 2.79 bits per heavy atom. The fourth-order valence-corrected chi connectivity index (χ4v) is 2.91. The summed E-state index contributed by atoms with van der Waals surface area (Å²) in [6, 6.07) is 6.94. The van der Waals surface area contributed by atoms with Gasteiger partial charge in [-0.3, -0.25) is 4.79 Å². The molecule has 0 spiro atoms. The third-order valence-electron chi connectivity index (χ3n) is 4.23. The van der Waals surface area contributed by atoms with Crippen LogP contribution in [0.25, 0.3) is 11.4 Å². The molecule has 2 aromatic rings. The number of benzene rings is 1. The van der Waals surface area contributed by atoms with Crippen molar-refractivity contribution in [1.82, 2.24) is 14.9 Å². The van der Waals surface area contributed by atoms with Crippen molar-refractivity contribution in [1.29, 1.82) is 0 Å². The first-order valence-electron chi connectivity index (χ1n) is 8.18. The summed E-state index contributed by atoms with van der Waals surface area (Å²) in [5.41, 5.74) is 1.31. The van der Waals surface area contributed by atoms with E-state index in [1.54, 1.807) is 41.6 Å². The molecule has 126 valence electrons. The monoisotopic (exact) mass is 327 g/mol. The average Bonchev–Trinajstić information content (AvgIpc) is 3.14. The molecule has 24 heavy (non-hydrogen) atoms. The highest BCUT2D eigenvalue weighted by atomic mass is 16.5. The number of esters is 1. The Bertz CT molecular complexity index is 695. The average molecular weight is 327 g/mol. The van der Waals surface area contributed by atoms with Crippen LogP contribution in [-0.2, 0) is 9.53 Å². The molecule has 2 heterocycles. The molecule has 0 aliphatic carbocycles. The van der Waals surface area contributed by atoms with E-state index in [1.807, 2.05) is 0 Å². The summed E-state index contributed by atoms with van der Waals surface area (Å²) in [5.74, 6) is 0.637. The number of hydrogen-bond donors (Lipinski definition) is 1.